The van der Waals surface area contributed by atoms with Crippen molar-refractivity contribution in [1.29, 1.82) is 0 Å². The number of hydrogen-bond donors (Lipinski definition) is 1. The lowest BCUT2D eigenvalue weighted by Crippen LogP contribution is -2.45. The molecule has 122 valence electrons. The molecule has 2 aromatic rings. The molecule has 0 saturated carbocycles. The average Bonchev–Trinajstić information content (AvgIpc) is 2.61. The Balaban J connectivity index is 1.50. The molecule has 0 amide bonds. The molecule has 0 atom stereocenters. The third-order valence-corrected chi connectivity index (χ3v) is 4.67. The summed E-state index contributed by atoms with van der Waals surface area (Å²) in [5.74, 6) is 0.554. The van der Waals surface area contributed by atoms with Gasteiger partial charge in [0.2, 0.25) is 0 Å². The number of aromatic amines is 1. The third kappa shape index (κ3) is 3.99. The molecule has 1 fully saturated rings. The number of rotatable bonds is 5. The number of anilines is 1. The second kappa shape index (κ2) is 7.42. The lowest BCUT2D eigenvalue weighted by atomic mass is 10.0. The Kier molecular flexibility index (Phi) is 5.08. The van der Waals surface area contributed by atoms with Gasteiger partial charge in [-0.25, -0.2) is 4.98 Å². The number of nitrogens with one attached hydrogen (secondary N) is 1. The molecular formula is C18H24N4O. The first-order valence-corrected chi connectivity index (χ1v) is 8.27. The van der Waals surface area contributed by atoms with Crippen LogP contribution in [-0.2, 0) is 6.42 Å². The molecule has 23 heavy (non-hydrogen) atoms. The molecule has 0 bridgehead atoms. The molecule has 1 aromatic carbocycles. The Morgan fingerprint density at radius 1 is 1.26 bits per heavy atom. The molecule has 0 radical (unpaired) electrons. The summed E-state index contributed by atoms with van der Waals surface area (Å²) in [7, 11) is 2.21. The summed E-state index contributed by atoms with van der Waals surface area (Å²) in [5.41, 5.74) is 1.29. The van der Waals surface area contributed by atoms with Crippen molar-refractivity contribution >= 4 is 5.82 Å². The number of aromatic nitrogens is 2. The van der Waals surface area contributed by atoms with Gasteiger partial charge in [-0.3, -0.25) is 4.79 Å². The van der Waals surface area contributed by atoms with Gasteiger partial charge in [0.05, 0.1) is 0 Å². The SMILES string of the molecule is CN(CCc1ccccc1)C1CCN(c2ncc[nH]c2=O)CC1. The van der Waals surface area contributed by atoms with E-state index in [-0.39, 0.29) is 5.56 Å². The summed E-state index contributed by atoms with van der Waals surface area (Å²) < 4.78 is 0. The second-order valence-electron chi connectivity index (χ2n) is 6.18. The Hall–Kier alpha value is -2.14. The van der Waals surface area contributed by atoms with E-state index in [0.29, 0.717) is 11.9 Å². The van der Waals surface area contributed by atoms with Crippen molar-refractivity contribution in [2.75, 3.05) is 31.6 Å². The van der Waals surface area contributed by atoms with Crippen LogP contribution in [0.3, 0.4) is 0 Å². The Labute approximate surface area is 137 Å². The van der Waals surface area contributed by atoms with Gasteiger partial charge in [-0.15, -0.1) is 0 Å². The normalized spacial score (nSPS) is 16.0. The van der Waals surface area contributed by atoms with E-state index in [4.69, 9.17) is 0 Å². The summed E-state index contributed by atoms with van der Waals surface area (Å²) >= 11 is 0. The van der Waals surface area contributed by atoms with Gasteiger partial charge in [0.25, 0.3) is 5.56 Å². The quantitative estimate of drug-likeness (QED) is 0.916. The predicted octanol–water partition coefficient (Wildman–Crippen LogP) is 1.91. The van der Waals surface area contributed by atoms with Crippen LogP contribution in [0.5, 0.6) is 0 Å². The summed E-state index contributed by atoms with van der Waals surface area (Å²) in [5, 5.41) is 0. The number of piperidine rings is 1. The van der Waals surface area contributed by atoms with Crippen LogP contribution in [0.25, 0.3) is 0 Å². The number of hydrogen-bond acceptors (Lipinski definition) is 4. The molecule has 1 aliphatic heterocycles. The molecule has 2 heterocycles. The van der Waals surface area contributed by atoms with Crippen LogP contribution in [0.1, 0.15) is 18.4 Å². The maximum atomic E-state index is 11.8. The molecule has 1 N–H and O–H groups in total. The monoisotopic (exact) mass is 312 g/mol. The molecule has 3 rings (SSSR count). The van der Waals surface area contributed by atoms with Crippen LogP contribution in [0.4, 0.5) is 5.82 Å². The van der Waals surface area contributed by atoms with E-state index in [1.165, 1.54) is 5.56 Å². The first kappa shape index (κ1) is 15.7. The van der Waals surface area contributed by atoms with Gasteiger partial charge in [-0.1, -0.05) is 30.3 Å². The van der Waals surface area contributed by atoms with Crippen molar-refractivity contribution in [2.45, 2.75) is 25.3 Å². The van der Waals surface area contributed by atoms with Gasteiger partial charge in [0.15, 0.2) is 5.82 Å². The molecule has 1 aliphatic rings. The van der Waals surface area contributed by atoms with Crippen molar-refractivity contribution in [3.8, 4) is 0 Å². The van der Waals surface area contributed by atoms with Crippen LogP contribution in [0.15, 0.2) is 47.5 Å². The van der Waals surface area contributed by atoms with Crippen LogP contribution >= 0.6 is 0 Å². The third-order valence-electron chi connectivity index (χ3n) is 4.67. The highest BCUT2D eigenvalue weighted by Crippen LogP contribution is 2.18. The number of benzene rings is 1. The average molecular weight is 312 g/mol. The number of nitrogens with zero attached hydrogens (tertiary/aromatic N) is 3. The fourth-order valence-corrected chi connectivity index (χ4v) is 3.22. The zero-order valence-corrected chi connectivity index (χ0v) is 13.6. The molecule has 0 unspecified atom stereocenters. The van der Waals surface area contributed by atoms with Crippen LogP contribution in [0, 0.1) is 0 Å². The van der Waals surface area contributed by atoms with E-state index < -0.39 is 0 Å². The van der Waals surface area contributed by atoms with Crippen molar-refractivity contribution in [3.63, 3.8) is 0 Å². The highest BCUT2D eigenvalue weighted by molar-refractivity contribution is 5.35. The van der Waals surface area contributed by atoms with E-state index in [1.54, 1.807) is 12.4 Å². The summed E-state index contributed by atoms with van der Waals surface area (Å²) in [6.45, 7) is 2.85. The lowest BCUT2D eigenvalue weighted by Gasteiger charge is -2.37. The maximum Gasteiger partial charge on any atom is 0.290 e. The standard InChI is InChI=1S/C18H24N4O/c1-21(12-7-15-5-3-2-4-6-15)16-8-13-22(14-9-16)17-18(23)20-11-10-19-17/h2-6,10-11,16H,7-9,12-14H2,1H3,(H,20,23). The molecule has 0 spiro atoms. The largest absolute Gasteiger partial charge is 0.352 e. The Bertz CT molecular complexity index is 662. The van der Waals surface area contributed by atoms with E-state index in [1.807, 2.05) is 0 Å². The first-order valence-electron chi connectivity index (χ1n) is 8.27. The zero-order chi connectivity index (χ0) is 16.1. The number of likely N-dealkylation sites (N-methyl/N-ethyl adjacent to an activating group) is 1. The van der Waals surface area contributed by atoms with E-state index in [9.17, 15) is 4.79 Å². The minimum atomic E-state index is -0.0941. The predicted molar refractivity (Wildman–Crippen MR) is 92.9 cm³/mol. The smallest absolute Gasteiger partial charge is 0.290 e. The fraction of sp³-hybridized carbons (Fsp3) is 0.444. The molecule has 0 aliphatic carbocycles. The topological polar surface area (TPSA) is 52.2 Å². The maximum absolute atomic E-state index is 11.8. The van der Waals surface area contributed by atoms with Crippen LogP contribution in [-0.4, -0.2) is 47.6 Å². The minimum absolute atomic E-state index is 0.0941. The van der Waals surface area contributed by atoms with Gasteiger partial charge in [-0.05, 0) is 31.9 Å². The molecule has 1 aromatic heterocycles. The van der Waals surface area contributed by atoms with Crippen molar-refractivity contribution < 1.29 is 0 Å². The van der Waals surface area contributed by atoms with Crippen molar-refractivity contribution in [3.05, 3.63) is 58.6 Å². The molecule has 5 heteroatoms. The Morgan fingerprint density at radius 2 is 2.00 bits per heavy atom. The lowest BCUT2D eigenvalue weighted by molar-refractivity contribution is 0.210. The molecule has 5 nitrogen and oxygen atoms in total. The summed E-state index contributed by atoms with van der Waals surface area (Å²) in [4.78, 5) is 23.3. The van der Waals surface area contributed by atoms with Gasteiger partial charge < -0.3 is 14.8 Å². The highest BCUT2D eigenvalue weighted by Gasteiger charge is 2.24. The summed E-state index contributed by atoms with van der Waals surface area (Å²) in [6, 6.07) is 11.2. The zero-order valence-electron chi connectivity index (χ0n) is 13.6. The number of H-pyrrole nitrogens is 1. The van der Waals surface area contributed by atoms with Crippen LogP contribution < -0.4 is 10.5 Å². The first-order chi connectivity index (χ1) is 11.2. The van der Waals surface area contributed by atoms with Gasteiger partial charge in [0, 0.05) is 38.1 Å². The van der Waals surface area contributed by atoms with Crippen molar-refractivity contribution in [1.82, 2.24) is 14.9 Å². The molecule has 1 saturated heterocycles. The van der Waals surface area contributed by atoms with E-state index in [0.717, 1.165) is 38.9 Å². The van der Waals surface area contributed by atoms with Gasteiger partial charge in [0.1, 0.15) is 0 Å². The van der Waals surface area contributed by atoms with Gasteiger partial charge in [-0.2, -0.15) is 0 Å². The van der Waals surface area contributed by atoms with Crippen LogP contribution in [0.2, 0.25) is 0 Å². The fourth-order valence-electron chi connectivity index (χ4n) is 3.22. The summed E-state index contributed by atoms with van der Waals surface area (Å²) in [6.07, 6.45) is 6.45. The van der Waals surface area contributed by atoms with Crippen molar-refractivity contribution in [2.24, 2.45) is 0 Å². The minimum Gasteiger partial charge on any atom is -0.352 e. The van der Waals surface area contributed by atoms with Gasteiger partial charge >= 0.3 is 0 Å². The van der Waals surface area contributed by atoms with E-state index in [2.05, 4.69) is 57.1 Å². The Morgan fingerprint density at radius 3 is 2.70 bits per heavy atom. The van der Waals surface area contributed by atoms with E-state index >= 15 is 0 Å². The molecular weight excluding hydrogens is 288 g/mol. The second-order valence-corrected chi connectivity index (χ2v) is 6.18. The highest BCUT2D eigenvalue weighted by atomic mass is 16.1.